The Morgan fingerprint density at radius 2 is 2.33 bits per heavy atom. The van der Waals surface area contributed by atoms with Crippen molar-refractivity contribution in [2.45, 2.75) is 23.9 Å². The van der Waals surface area contributed by atoms with E-state index in [1.165, 1.54) is 0 Å². The summed E-state index contributed by atoms with van der Waals surface area (Å²) in [6, 6.07) is 0. The third-order valence-electron chi connectivity index (χ3n) is 2.74. The lowest BCUT2D eigenvalue weighted by Crippen LogP contribution is -2.57. The Kier molecular flexibility index (Phi) is 1.85. The minimum absolute atomic E-state index is 0.231. The molecule has 0 unspecified atom stereocenters. The molecule has 2 saturated heterocycles. The molecule has 0 radical (unpaired) electrons. The Bertz CT molecular complexity index is 189. The second-order valence-electron chi connectivity index (χ2n) is 3.49. The fourth-order valence-corrected chi connectivity index (χ4v) is 1.93. The number of nitrogens with one attached hydrogen (secondary N) is 1. The summed E-state index contributed by atoms with van der Waals surface area (Å²) in [5.74, 6) is 0. The molecule has 70 valence electrons. The van der Waals surface area contributed by atoms with Crippen molar-refractivity contribution in [1.29, 1.82) is 0 Å². The fourth-order valence-electron chi connectivity index (χ4n) is 1.93. The molecule has 0 aliphatic carbocycles. The molecule has 0 saturated carbocycles. The zero-order valence-corrected chi connectivity index (χ0v) is 6.73. The lowest BCUT2D eigenvalue weighted by atomic mass is 9.96. The predicted molar refractivity (Wildman–Crippen MR) is 41.5 cm³/mol. The molecule has 4 atom stereocenters. The van der Waals surface area contributed by atoms with Crippen LogP contribution in [0.1, 0.15) is 0 Å². The molecule has 0 aromatic heterocycles. The molecule has 2 rings (SSSR count). The Morgan fingerprint density at radius 1 is 1.58 bits per heavy atom. The van der Waals surface area contributed by atoms with Gasteiger partial charge >= 0.3 is 0 Å². The molecule has 2 aliphatic heterocycles. The zero-order chi connectivity index (χ0) is 8.77. The SMILES string of the molecule is NC[C@@]12CNC[C@@H](O1)[C@@H](O)[C@H]2O. The first kappa shape index (κ1) is 8.40. The third-order valence-corrected chi connectivity index (χ3v) is 2.74. The number of aliphatic hydroxyl groups is 2. The normalized spacial score (nSPS) is 52.8. The maximum absolute atomic E-state index is 9.62. The van der Waals surface area contributed by atoms with E-state index in [2.05, 4.69) is 5.32 Å². The molecule has 2 fully saturated rings. The molecule has 2 bridgehead atoms. The smallest absolute Gasteiger partial charge is 0.122 e. The topological polar surface area (TPSA) is 87.7 Å². The quantitative estimate of drug-likeness (QED) is 0.350. The van der Waals surface area contributed by atoms with E-state index in [0.29, 0.717) is 13.1 Å². The second-order valence-corrected chi connectivity index (χ2v) is 3.49. The number of hydrogen-bond acceptors (Lipinski definition) is 5. The van der Waals surface area contributed by atoms with Crippen LogP contribution in [0.15, 0.2) is 0 Å². The molecule has 0 aromatic rings. The van der Waals surface area contributed by atoms with Crippen molar-refractivity contribution in [1.82, 2.24) is 5.32 Å². The largest absolute Gasteiger partial charge is 0.388 e. The van der Waals surface area contributed by atoms with Gasteiger partial charge in [0.1, 0.15) is 17.8 Å². The van der Waals surface area contributed by atoms with Gasteiger partial charge in [0.15, 0.2) is 0 Å². The number of hydrogen-bond donors (Lipinski definition) is 4. The summed E-state index contributed by atoms with van der Waals surface area (Å²) in [7, 11) is 0. The molecule has 5 nitrogen and oxygen atoms in total. The highest BCUT2D eigenvalue weighted by molar-refractivity contribution is 5.07. The first-order valence-corrected chi connectivity index (χ1v) is 4.14. The Balaban J connectivity index is 2.24. The van der Waals surface area contributed by atoms with Gasteiger partial charge in [-0.25, -0.2) is 0 Å². The molecule has 0 spiro atoms. The maximum atomic E-state index is 9.62. The van der Waals surface area contributed by atoms with Crippen molar-refractivity contribution in [2.24, 2.45) is 5.73 Å². The van der Waals surface area contributed by atoms with Gasteiger partial charge < -0.3 is 26.0 Å². The van der Waals surface area contributed by atoms with Crippen LogP contribution in [0, 0.1) is 0 Å². The van der Waals surface area contributed by atoms with Crippen LogP contribution in [0.3, 0.4) is 0 Å². The maximum Gasteiger partial charge on any atom is 0.122 e. The summed E-state index contributed by atoms with van der Waals surface area (Å²) >= 11 is 0. The van der Waals surface area contributed by atoms with Crippen LogP contribution in [0.4, 0.5) is 0 Å². The summed E-state index contributed by atoms with van der Waals surface area (Å²) in [6.07, 6.45) is -1.97. The van der Waals surface area contributed by atoms with Crippen LogP contribution in [-0.2, 0) is 4.74 Å². The van der Waals surface area contributed by atoms with Gasteiger partial charge in [-0.3, -0.25) is 0 Å². The van der Waals surface area contributed by atoms with E-state index < -0.39 is 17.8 Å². The highest BCUT2D eigenvalue weighted by Crippen LogP contribution is 2.32. The van der Waals surface area contributed by atoms with Gasteiger partial charge in [-0.1, -0.05) is 0 Å². The molecule has 0 aromatic carbocycles. The molecular formula is C7H14N2O3. The molecule has 5 heteroatoms. The van der Waals surface area contributed by atoms with Crippen LogP contribution in [0.25, 0.3) is 0 Å². The summed E-state index contributed by atoms with van der Waals surface area (Å²) in [5.41, 5.74) is 4.73. The molecule has 0 amide bonds. The van der Waals surface area contributed by atoms with Gasteiger partial charge in [-0.05, 0) is 0 Å². The highest BCUT2D eigenvalue weighted by Gasteiger charge is 2.55. The highest BCUT2D eigenvalue weighted by atomic mass is 16.6. The number of ether oxygens (including phenoxy) is 1. The first-order chi connectivity index (χ1) is 5.69. The van der Waals surface area contributed by atoms with Gasteiger partial charge in [0.2, 0.25) is 0 Å². The summed E-state index contributed by atoms with van der Waals surface area (Å²) in [6.45, 7) is 1.33. The van der Waals surface area contributed by atoms with Crippen LogP contribution in [0.5, 0.6) is 0 Å². The number of rotatable bonds is 1. The van der Waals surface area contributed by atoms with Gasteiger partial charge in [0.05, 0.1) is 6.10 Å². The first-order valence-electron chi connectivity index (χ1n) is 4.14. The minimum atomic E-state index is -0.859. The van der Waals surface area contributed by atoms with Gasteiger partial charge in [-0.15, -0.1) is 0 Å². The van der Waals surface area contributed by atoms with E-state index in [9.17, 15) is 10.2 Å². The van der Waals surface area contributed by atoms with Crippen molar-refractivity contribution in [3.63, 3.8) is 0 Å². The average molecular weight is 174 g/mol. The van der Waals surface area contributed by atoms with Crippen molar-refractivity contribution < 1.29 is 14.9 Å². The van der Waals surface area contributed by atoms with Gasteiger partial charge in [0, 0.05) is 19.6 Å². The fraction of sp³-hybridized carbons (Fsp3) is 1.00. The van der Waals surface area contributed by atoms with Crippen LogP contribution in [0.2, 0.25) is 0 Å². The predicted octanol–water partition coefficient (Wildman–Crippen LogP) is -2.59. The van der Waals surface area contributed by atoms with E-state index in [0.717, 1.165) is 0 Å². The van der Waals surface area contributed by atoms with E-state index in [4.69, 9.17) is 10.5 Å². The van der Waals surface area contributed by atoms with Crippen molar-refractivity contribution in [3.05, 3.63) is 0 Å². The minimum Gasteiger partial charge on any atom is -0.388 e. The molecule has 5 N–H and O–H groups in total. The summed E-state index contributed by atoms with van der Waals surface area (Å²) in [4.78, 5) is 0. The standard InChI is InChI=1S/C7H14N2O3/c8-2-7-3-9-1-4(12-7)5(10)6(7)11/h4-6,9-11H,1-3,8H2/t4-,5-,6-,7+/m1/s1. The van der Waals surface area contributed by atoms with E-state index >= 15 is 0 Å². The second kappa shape index (κ2) is 2.65. The molecule has 2 aliphatic rings. The van der Waals surface area contributed by atoms with Gasteiger partial charge in [-0.2, -0.15) is 0 Å². The number of morpholine rings is 1. The monoisotopic (exact) mass is 174 g/mol. The lowest BCUT2D eigenvalue weighted by Gasteiger charge is -2.33. The third kappa shape index (κ3) is 0.915. The average Bonchev–Trinajstić information content (AvgIpc) is 2.29. The van der Waals surface area contributed by atoms with E-state index in [-0.39, 0.29) is 12.6 Å². The molecule has 2 heterocycles. The van der Waals surface area contributed by atoms with Gasteiger partial charge in [0.25, 0.3) is 0 Å². The Labute approximate surface area is 70.5 Å². The lowest BCUT2D eigenvalue weighted by molar-refractivity contribution is -0.0928. The summed E-state index contributed by atoms with van der Waals surface area (Å²) in [5, 5.41) is 22.2. The molecular weight excluding hydrogens is 160 g/mol. The zero-order valence-electron chi connectivity index (χ0n) is 6.73. The van der Waals surface area contributed by atoms with E-state index in [1.54, 1.807) is 0 Å². The Morgan fingerprint density at radius 3 is 2.92 bits per heavy atom. The molecule has 12 heavy (non-hydrogen) atoms. The van der Waals surface area contributed by atoms with Crippen LogP contribution in [-0.4, -0.2) is 53.8 Å². The Hall–Kier alpha value is -0.200. The number of nitrogens with two attached hydrogens (primary N) is 1. The number of fused-ring (bicyclic) bond motifs is 2. The van der Waals surface area contributed by atoms with E-state index in [1.807, 2.05) is 0 Å². The van der Waals surface area contributed by atoms with Crippen molar-refractivity contribution >= 4 is 0 Å². The number of aliphatic hydroxyl groups excluding tert-OH is 2. The van der Waals surface area contributed by atoms with Crippen molar-refractivity contribution in [2.75, 3.05) is 19.6 Å². The van der Waals surface area contributed by atoms with Crippen LogP contribution >= 0.6 is 0 Å². The van der Waals surface area contributed by atoms with Crippen LogP contribution < -0.4 is 11.1 Å². The summed E-state index contributed by atoms with van der Waals surface area (Å²) < 4.78 is 5.47. The van der Waals surface area contributed by atoms with Crippen molar-refractivity contribution in [3.8, 4) is 0 Å².